The zero-order valence-electron chi connectivity index (χ0n) is 11.4. The Hall–Kier alpha value is -0.910. The molecule has 0 bridgehead atoms. The Balaban J connectivity index is 2.03. The van der Waals surface area contributed by atoms with Gasteiger partial charge in [0.15, 0.2) is 0 Å². The molecule has 1 aliphatic rings. The first kappa shape index (κ1) is 14.5. The molecule has 1 unspecified atom stereocenters. The molecule has 0 N–H and O–H groups in total. The van der Waals surface area contributed by atoms with Gasteiger partial charge in [0, 0.05) is 6.61 Å². The minimum absolute atomic E-state index is 0.0726. The molecule has 5 heteroatoms. The van der Waals surface area contributed by atoms with Crippen molar-refractivity contribution in [2.24, 2.45) is 0 Å². The molecule has 1 aromatic rings. The lowest BCUT2D eigenvalue weighted by Crippen LogP contribution is -2.38. The van der Waals surface area contributed by atoms with Gasteiger partial charge >= 0.3 is 0 Å². The minimum Gasteiger partial charge on any atom is -0.373 e. The lowest BCUT2D eigenvalue weighted by atomic mass is 9.97. The van der Waals surface area contributed by atoms with Gasteiger partial charge in [-0.05, 0) is 45.2 Å². The van der Waals surface area contributed by atoms with Crippen LogP contribution < -0.4 is 0 Å². The normalized spacial score (nSPS) is 24.3. The molecule has 0 aromatic heterocycles. The number of rotatable bonds is 4. The summed E-state index contributed by atoms with van der Waals surface area (Å²) < 4.78 is 34.9. The van der Waals surface area contributed by atoms with Crippen LogP contribution in [0.5, 0.6) is 0 Å². The van der Waals surface area contributed by atoms with E-state index < -0.39 is 15.7 Å². The van der Waals surface area contributed by atoms with E-state index in [4.69, 9.17) is 8.92 Å². The van der Waals surface area contributed by atoms with E-state index in [1.807, 2.05) is 13.8 Å². The van der Waals surface area contributed by atoms with E-state index in [-0.39, 0.29) is 11.5 Å². The third-order valence-corrected chi connectivity index (χ3v) is 4.66. The van der Waals surface area contributed by atoms with Crippen molar-refractivity contribution in [2.75, 3.05) is 13.2 Å². The summed E-state index contributed by atoms with van der Waals surface area (Å²) in [6.45, 7) is 4.55. The topological polar surface area (TPSA) is 52.6 Å². The number of hydrogen-bond donors (Lipinski definition) is 0. The lowest BCUT2D eigenvalue weighted by Gasteiger charge is -2.33. The average Bonchev–Trinajstić information content (AvgIpc) is 2.38. The van der Waals surface area contributed by atoms with Gasteiger partial charge in [-0.1, -0.05) is 17.7 Å². The van der Waals surface area contributed by atoms with E-state index in [1.165, 1.54) is 0 Å². The highest BCUT2D eigenvalue weighted by molar-refractivity contribution is 7.86. The van der Waals surface area contributed by atoms with Crippen LogP contribution in [0.25, 0.3) is 0 Å². The Bertz CT molecular complexity index is 513. The second-order valence-corrected chi connectivity index (χ2v) is 6.90. The predicted octanol–water partition coefficient (Wildman–Crippen LogP) is 2.66. The van der Waals surface area contributed by atoms with E-state index in [9.17, 15) is 8.42 Å². The molecule has 4 nitrogen and oxygen atoms in total. The van der Waals surface area contributed by atoms with Crippen LogP contribution in [0.4, 0.5) is 0 Å². The van der Waals surface area contributed by atoms with Crippen molar-refractivity contribution in [3.05, 3.63) is 29.8 Å². The molecule has 0 amide bonds. The molecule has 1 heterocycles. The van der Waals surface area contributed by atoms with Crippen LogP contribution in [-0.4, -0.2) is 27.2 Å². The molecule has 1 aromatic carbocycles. The highest BCUT2D eigenvalue weighted by Crippen LogP contribution is 2.26. The Labute approximate surface area is 114 Å². The smallest absolute Gasteiger partial charge is 0.297 e. The van der Waals surface area contributed by atoms with E-state index in [2.05, 4.69) is 0 Å². The quantitative estimate of drug-likeness (QED) is 0.798. The number of benzene rings is 1. The molecule has 0 radical (unpaired) electrons. The van der Waals surface area contributed by atoms with E-state index in [1.54, 1.807) is 24.3 Å². The van der Waals surface area contributed by atoms with Crippen LogP contribution in [-0.2, 0) is 19.0 Å². The van der Waals surface area contributed by atoms with Gasteiger partial charge in [0.1, 0.15) is 0 Å². The Kier molecular flexibility index (Phi) is 4.28. The first-order valence-electron chi connectivity index (χ1n) is 6.51. The molecule has 1 fully saturated rings. The fourth-order valence-corrected chi connectivity index (χ4v) is 3.09. The summed E-state index contributed by atoms with van der Waals surface area (Å²) in [5, 5.41) is 0. The van der Waals surface area contributed by atoms with Crippen LogP contribution >= 0.6 is 0 Å². The summed E-state index contributed by atoms with van der Waals surface area (Å²) in [6, 6.07) is 6.65. The zero-order chi connectivity index (χ0) is 13.9. The van der Waals surface area contributed by atoms with Crippen molar-refractivity contribution >= 4 is 10.1 Å². The monoisotopic (exact) mass is 284 g/mol. The van der Waals surface area contributed by atoms with Gasteiger partial charge in [-0.2, -0.15) is 8.42 Å². The Morgan fingerprint density at radius 2 is 1.95 bits per heavy atom. The van der Waals surface area contributed by atoms with Crippen LogP contribution in [0.15, 0.2) is 29.2 Å². The summed E-state index contributed by atoms with van der Waals surface area (Å²) in [4.78, 5) is 0.192. The average molecular weight is 284 g/mol. The molecule has 1 atom stereocenters. The molecule has 19 heavy (non-hydrogen) atoms. The molecule has 1 saturated heterocycles. The summed E-state index contributed by atoms with van der Waals surface area (Å²) in [6.07, 6.45) is 2.90. The third kappa shape index (κ3) is 3.78. The molecule has 1 aliphatic heterocycles. The van der Waals surface area contributed by atoms with Crippen molar-refractivity contribution < 1.29 is 17.3 Å². The fraction of sp³-hybridized carbons (Fsp3) is 0.571. The van der Waals surface area contributed by atoms with Gasteiger partial charge in [0.25, 0.3) is 10.1 Å². The lowest BCUT2D eigenvalue weighted by molar-refractivity contribution is -0.0878. The number of hydrogen-bond acceptors (Lipinski definition) is 4. The van der Waals surface area contributed by atoms with E-state index >= 15 is 0 Å². The Morgan fingerprint density at radius 1 is 1.26 bits per heavy atom. The highest BCUT2D eigenvalue weighted by atomic mass is 32.2. The van der Waals surface area contributed by atoms with Crippen molar-refractivity contribution in [1.82, 2.24) is 0 Å². The largest absolute Gasteiger partial charge is 0.373 e. The van der Waals surface area contributed by atoms with Crippen LogP contribution in [0.1, 0.15) is 31.7 Å². The molecule has 106 valence electrons. The summed E-state index contributed by atoms with van der Waals surface area (Å²) in [7, 11) is -3.69. The first-order chi connectivity index (χ1) is 8.91. The third-order valence-electron chi connectivity index (χ3n) is 3.38. The van der Waals surface area contributed by atoms with Crippen molar-refractivity contribution in [3.8, 4) is 0 Å². The van der Waals surface area contributed by atoms with Crippen LogP contribution in [0, 0.1) is 6.92 Å². The van der Waals surface area contributed by atoms with Crippen LogP contribution in [0.2, 0.25) is 0 Å². The fourth-order valence-electron chi connectivity index (χ4n) is 2.08. The maximum atomic E-state index is 12.1. The van der Waals surface area contributed by atoms with E-state index in [0.717, 1.165) is 24.8 Å². The van der Waals surface area contributed by atoms with Gasteiger partial charge in [-0.15, -0.1) is 0 Å². The first-order valence-corrected chi connectivity index (χ1v) is 7.92. The zero-order valence-corrected chi connectivity index (χ0v) is 12.2. The molecule has 0 spiro atoms. The standard InChI is InChI=1S/C14H20O4S/c1-12-5-7-13(8-6-12)19(15,16)18-11-14(2)9-3-4-10-17-14/h5-8H,3-4,9-11H2,1-2H3. The number of aryl methyl sites for hydroxylation is 1. The van der Waals surface area contributed by atoms with Gasteiger partial charge in [-0.3, -0.25) is 4.18 Å². The van der Waals surface area contributed by atoms with Crippen LogP contribution in [0.3, 0.4) is 0 Å². The minimum atomic E-state index is -3.69. The maximum absolute atomic E-state index is 12.1. The van der Waals surface area contributed by atoms with Gasteiger partial charge in [-0.25, -0.2) is 0 Å². The molecule has 2 rings (SSSR count). The van der Waals surface area contributed by atoms with E-state index in [0.29, 0.717) is 6.61 Å². The van der Waals surface area contributed by atoms with Gasteiger partial charge in [0.05, 0.1) is 17.1 Å². The Morgan fingerprint density at radius 3 is 2.53 bits per heavy atom. The second kappa shape index (κ2) is 5.61. The summed E-state index contributed by atoms with van der Waals surface area (Å²) in [5.74, 6) is 0. The van der Waals surface area contributed by atoms with Gasteiger partial charge < -0.3 is 4.74 Å². The SMILES string of the molecule is Cc1ccc(S(=O)(=O)OCC2(C)CCCCO2)cc1. The molecule has 0 saturated carbocycles. The second-order valence-electron chi connectivity index (χ2n) is 5.28. The maximum Gasteiger partial charge on any atom is 0.297 e. The van der Waals surface area contributed by atoms with Crippen molar-refractivity contribution in [3.63, 3.8) is 0 Å². The summed E-state index contributed by atoms with van der Waals surface area (Å²) in [5.41, 5.74) is 0.525. The molecular weight excluding hydrogens is 264 g/mol. The predicted molar refractivity (Wildman–Crippen MR) is 72.5 cm³/mol. The van der Waals surface area contributed by atoms with Gasteiger partial charge in [0.2, 0.25) is 0 Å². The van der Waals surface area contributed by atoms with Crippen molar-refractivity contribution in [1.29, 1.82) is 0 Å². The number of ether oxygens (including phenoxy) is 1. The highest BCUT2D eigenvalue weighted by Gasteiger charge is 2.30. The van der Waals surface area contributed by atoms with Crippen molar-refractivity contribution in [2.45, 2.75) is 43.6 Å². The molecule has 0 aliphatic carbocycles. The molecular formula is C14H20O4S. The summed E-state index contributed by atoms with van der Waals surface area (Å²) >= 11 is 0.